The minimum atomic E-state index is -3.59. The zero-order valence-corrected chi connectivity index (χ0v) is 12.2. The van der Waals surface area contributed by atoms with Crippen molar-refractivity contribution in [2.24, 2.45) is 0 Å². The van der Waals surface area contributed by atoms with Crippen molar-refractivity contribution >= 4 is 10.0 Å². The summed E-state index contributed by atoms with van der Waals surface area (Å²) in [6, 6.07) is 8.36. The number of rotatable bonds is 6. The molecule has 0 spiro atoms. The van der Waals surface area contributed by atoms with E-state index in [1.54, 1.807) is 19.1 Å². The molecule has 0 bridgehead atoms. The van der Waals surface area contributed by atoms with Crippen LogP contribution in [-0.4, -0.2) is 30.4 Å². The van der Waals surface area contributed by atoms with Crippen molar-refractivity contribution < 1.29 is 13.5 Å². The van der Waals surface area contributed by atoms with Gasteiger partial charge in [-0.05, 0) is 37.5 Å². The maximum absolute atomic E-state index is 12.6. The molecule has 20 heavy (non-hydrogen) atoms. The Labute approximate surface area is 119 Å². The molecule has 6 heteroatoms. The van der Waals surface area contributed by atoms with E-state index in [4.69, 9.17) is 5.26 Å². The Hall–Kier alpha value is -1.42. The Morgan fingerprint density at radius 1 is 1.50 bits per heavy atom. The van der Waals surface area contributed by atoms with Crippen LogP contribution in [0.5, 0.6) is 0 Å². The van der Waals surface area contributed by atoms with Gasteiger partial charge in [0.15, 0.2) is 0 Å². The lowest BCUT2D eigenvalue weighted by Gasteiger charge is -2.21. The predicted molar refractivity (Wildman–Crippen MR) is 74.2 cm³/mol. The third-order valence-corrected chi connectivity index (χ3v) is 5.29. The highest BCUT2D eigenvalue weighted by Gasteiger charge is 2.37. The van der Waals surface area contributed by atoms with Crippen LogP contribution >= 0.6 is 0 Å². The molecule has 108 valence electrons. The molecular weight excluding hydrogens is 276 g/mol. The first kappa shape index (κ1) is 15.0. The Kier molecular flexibility index (Phi) is 4.43. The van der Waals surface area contributed by atoms with Gasteiger partial charge in [-0.25, -0.2) is 8.42 Å². The van der Waals surface area contributed by atoms with E-state index in [1.165, 1.54) is 16.4 Å². The third-order valence-electron chi connectivity index (χ3n) is 3.35. The largest absolute Gasteiger partial charge is 0.389 e. The van der Waals surface area contributed by atoms with E-state index < -0.39 is 16.1 Å². The molecule has 1 aliphatic carbocycles. The van der Waals surface area contributed by atoms with E-state index in [1.807, 2.05) is 6.07 Å². The van der Waals surface area contributed by atoms with E-state index >= 15 is 0 Å². The normalized spacial score (nSPS) is 16.9. The molecule has 1 aromatic carbocycles. The number of hydrogen-bond donors (Lipinski definition) is 1. The summed E-state index contributed by atoms with van der Waals surface area (Å²) in [5.41, 5.74) is 0.571. The van der Waals surface area contributed by atoms with Crippen molar-refractivity contribution in [2.75, 3.05) is 6.54 Å². The average Bonchev–Trinajstić information content (AvgIpc) is 3.23. The summed E-state index contributed by atoms with van der Waals surface area (Å²) < 4.78 is 26.7. The number of aliphatic hydroxyl groups excluding tert-OH is 1. The van der Waals surface area contributed by atoms with Crippen molar-refractivity contribution in [1.82, 2.24) is 4.31 Å². The van der Waals surface area contributed by atoms with Crippen LogP contribution in [0.25, 0.3) is 0 Å². The lowest BCUT2D eigenvalue weighted by molar-refractivity contribution is 0.199. The van der Waals surface area contributed by atoms with E-state index in [9.17, 15) is 13.5 Å². The Bertz CT molecular complexity index is 616. The first-order valence-electron chi connectivity index (χ1n) is 6.63. The van der Waals surface area contributed by atoms with Gasteiger partial charge in [-0.3, -0.25) is 0 Å². The van der Waals surface area contributed by atoms with E-state index in [0.717, 1.165) is 12.8 Å². The van der Waals surface area contributed by atoms with Crippen LogP contribution in [0.1, 0.15) is 37.9 Å². The number of nitriles is 1. The molecule has 1 aliphatic rings. The van der Waals surface area contributed by atoms with Gasteiger partial charge in [0.25, 0.3) is 0 Å². The molecule has 1 saturated carbocycles. The first-order valence-corrected chi connectivity index (χ1v) is 8.07. The number of benzene rings is 1. The highest BCUT2D eigenvalue weighted by Crippen LogP contribution is 2.32. The minimum absolute atomic E-state index is 0.0172. The SMILES string of the molecule is CC(O)c1cccc(S(=O)(=O)N(CCC#N)C2CC2)c1. The summed E-state index contributed by atoms with van der Waals surface area (Å²) in [6.45, 7) is 1.82. The van der Waals surface area contributed by atoms with Gasteiger partial charge in [0.05, 0.1) is 17.1 Å². The highest BCUT2D eigenvalue weighted by atomic mass is 32.2. The van der Waals surface area contributed by atoms with Crippen LogP contribution in [0, 0.1) is 11.3 Å². The topological polar surface area (TPSA) is 81.4 Å². The second-order valence-corrected chi connectivity index (χ2v) is 6.89. The van der Waals surface area contributed by atoms with Crippen molar-refractivity contribution in [2.45, 2.75) is 43.2 Å². The van der Waals surface area contributed by atoms with Gasteiger partial charge in [0.1, 0.15) is 0 Å². The Morgan fingerprint density at radius 3 is 2.75 bits per heavy atom. The Morgan fingerprint density at radius 2 is 2.20 bits per heavy atom. The van der Waals surface area contributed by atoms with Crippen LogP contribution in [0.3, 0.4) is 0 Å². The zero-order valence-electron chi connectivity index (χ0n) is 11.4. The summed E-state index contributed by atoms with van der Waals surface area (Å²) >= 11 is 0. The summed E-state index contributed by atoms with van der Waals surface area (Å²) in [5.74, 6) is 0. The molecule has 0 saturated heterocycles. The monoisotopic (exact) mass is 294 g/mol. The molecule has 0 heterocycles. The number of hydrogen-bond acceptors (Lipinski definition) is 4. The molecule has 5 nitrogen and oxygen atoms in total. The lowest BCUT2D eigenvalue weighted by Crippen LogP contribution is -2.34. The van der Waals surface area contributed by atoms with E-state index in [0.29, 0.717) is 5.56 Å². The minimum Gasteiger partial charge on any atom is -0.389 e. The second kappa shape index (κ2) is 5.92. The highest BCUT2D eigenvalue weighted by molar-refractivity contribution is 7.89. The molecule has 1 aromatic rings. The van der Waals surface area contributed by atoms with Crippen LogP contribution < -0.4 is 0 Å². The van der Waals surface area contributed by atoms with Gasteiger partial charge in [0.2, 0.25) is 10.0 Å². The molecule has 0 aromatic heterocycles. The number of nitrogens with zero attached hydrogens (tertiary/aromatic N) is 2. The van der Waals surface area contributed by atoms with Gasteiger partial charge in [-0.15, -0.1) is 0 Å². The van der Waals surface area contributed by atoms with E-state index in [2.05, 4.69) is 0 Å². The second-order valence-electron chi connectivity index (χ2n) is 5.00. The molecule has 0 aliphatic heterocycles. The third kappa shape index (κ3) is 3.18. The molecule has 0 radical (unpaired) electrons. The molecular formula is C14H18N2O3S. The lowest BCUT2D eigenvalue weighted by atomic mass is 10.1. The quantitative estimate of drug-likeness (QED) is 0.867. The molecule has 1 fully saturated rings. The fraction of sp³-hybridized carbons (Fsp3) is 0.500. The maximum atomic E-state index is 12.6. The van der Waals surface area contributed by atoms with Gasteiger partial charge in [0, 0.05) is 19.0 Å². The Balaban J connectivity index is 2.32. The van der Waals surface area contributed by atoms with Crippen LogP contribution in [0.2, 0.25) is 0 Å². The fourth-order valence-corrected chi connectivity index (χ4v) is 3.83. The summed E-state index contributed by atoms with van der Waals surface area (Å²) in [6.07, 6.45) is 1.17. The van der Waals surface area contributed by atoms with E-state index in [-0.39, 0.29) is 23.9 Å². The van der Waals surface area contributed by atoms with Crippen molar-refractivity contribution in [1.29, 1.82) is 5.26 Å². The summed E-state index contributed by atoms with van der Waals surface area (Å²) in [7, 11) is -3.59. The van der Waals surface area contributed by atoms with Crippen molar-refractivity contribution in [3.8, 4) is 6.07 Å². The molecule has 1 N–H and O–H groups in total. The predicted octanol–water partition coefficient (Wildman–Crippen LogP) is 1.81. The van der Waals surface area contributed by atoms with Gasteiger partial charge in [-0.2, -0.15) is 9.57 Å². The molecule has 1 unspecified atom stereocenters. The smallest absolute Gasteiger partial charge is 0.243 e. The average molecular weight is 294 g/mol. The van der Waals surface area contributed by atoms with Crippen molar-refractivity contribution in [3.63, 3.8) is 0 Å². The standard InChI is InChI=1S/C14H18N2O3S/c1-11(17)12-4-2-5-14(10-12)20(18,19)16(9-3-8-15)13-6-7-13/h2,4-5,10-11,13,17H,3,6-7,9H2,1H3. The number of aliphatic hydroxyl groups is 1. The summed E-state index contributed by atoms with van der Waals surface area (Å²) in [4.78, 5) is 0.181. The van der Waals surface area contributed by atoms with Crippen LogP contribution in [0.4, 0.5) is 0 Å². The zero-order chi connectivity index (χ0) is 14.8. The molecule has 1 atom stereocenters. The van der Waals surface area contributed by atoms with Crippen LogP contribution in [0.15, 0.2) is 29.2 Å². The fourth-order valence-electron chi connectivity index (χ4n) is 2.09. The molecule has 2 rings (SSSR count). The molecule has 0 amide bonds. The van der Waals surface area contributed by atoms with Gasteiger partial charge < -0.3 is 5.11 Å². The van der Waals surface area contributed by atoms with Crippen molar-refractivity contribution in [3.05, 3.63) is 29.8 Å². The number of sulfonamides is 1. The first-order chi connectivity index (χ1) is 9.46. The van der Waals surface area contributed by atoms with Gasteiger partial charge in [-0.1, -0.05) is 12.1 Å². The maximum Gasteiger partial charge on any atom is 0.243 e. The van der Waals surface area contributed by atoms with Gasteiger partial charge >= 0.3 is 0 Å². The van der Waals surface area contributed by atoms with Crippen LogP contribution in [-0.2, 0) is 10.0 Å². The summed E-state index contributed by atoms with van der Waals surface area (Å²) in [5, 5.41) is 18.2.